The van der Waals surface area contributed by atoms with E-state index < -0.39 is 17.6 Å². The van der Waals surface area contributed by atoms with Crippen molar-refractivity contribution in [1.29, 1.82) is 0 Å². The summed E-state index contributed by atoms with van der Waals surface area (Å²) in [4.78, 5) is 24.5. The summed E-state index contributed by atoms with van der Waals surface area (Å²) in [6.07, 6.45) is 0.514. The number of hydrogen-bond acceptors (Lipinski definition) is 4. The number of benzene rings is 1. The molecular formula is C15H17FN2O4. The number of aliphatic hydroxyl groups is 1. The van der Waals surface area contributed by atoms with Crippen LogP contribution in [0, 0.1) is 5.82 Å². The SMILES string of the molecule is CN1CC(C(=O)NCCCOc2cccc(F)c2)=C(O)C1=O. The predicted octanol–water partition coefficient (Wildman–Crippen LogP) is 0.995. The molecule has 0 aliphatic carbocycles. The summed E-state index contributed by atoms with van der Waals surface area (Å²) in [5.41, 5.74) is 0.0681. The number of nitrogens with one attached hydrogen (secondary N) is 1. The number of amides is 2. The Bertz CT molecular complexity index is 615. The van der Waals surface area contributed by atoms with E-state index in [1.54, 1.807) is 12.1 Å². The highest BCUT2D eigenvalue weighted by atomic mass is 19.1. The average molecular weight is 308 g/mol. The first-order chi connectivity index (χ1) is 10.5. The highest BCUT2D eigenvalue weighted by Gasteiger charge is 2.31. The molecule has 7 heteroatoms. The second kappa shape index (κ2) is 6.93. The van der Waals surface area contributed by atoms with Gasteiger partial charge in [0.25, 0.3) is 11.8 Å². The van der Waals surface area contributed by atoms with Gasteiger partial charge in [0.1, 0.15) is 11.6 Å². The zero-order valence-electron chi connectivity index (χ0n) is 12.1. The van der Waals surface area contributed by atoms with Crippen molar-refractivity contribution in [2.24, 2.45) is 0 Å². The molecule has 0 bridgehead atoms. The fourth-order valence-corrected chi connectivity index (χ4v) is 2.00. The van der Waals surface area contributed by atoms with Crippen LogP contribution in [0.2, 0.25) is 0 Å². The Morgan fingerprint density at radius 2 is 2.27 bits per heavy atom. The Balaban J connectivity index is 1.71. The Hall–Kier alpha value is -2.57. The molecule has 2 rings (SSSR count). The normalized spacial score (nSPS) is 14.5. The van der Waals surface area contributed by atoms with Crippen LogP contribution >= 0.6 is 0 Å². The van der Waals surface area contributed by atoms with Crippen LogP contribution in [0.5, 0.6) is 5.75 Å². The zero-order chi connectivity index (χ0) is 16.1. The molecule has 0 fully saturated rings. The third-order valence-electron chi connectivity index (χ3n) is 3.18. The van der Waals surface area contributed by atoms with Crippen molar-refractivity contribution in [1.82, 2.24) is 10.2 Å². The maximum absolute atomic E-state index is 12.9. The van der Waals surface area contributed by atoms with E-state index in [2.05, 4.69) is 5.32 Å². The van der Waals surface area contributed by atoms with Gasteiger partial charge in [-0.1, -0.05) is 6.07 Å². The van der Waals surface area contributed by atoms with E-state index in [-0.39, 0.29) is 17.9 Å². The number of halogens is 1. The minimum atomic E-state index is -0.556. The number of carbonyl (C=O) groups excluding carboxylic acids is 2. The van der Waals surface area contributed by atoms with Gasteiger partial charge in [-0.2, -0.15) is 0 Å². The van der Waals surface area contributed by atoms with Gasteiger partial charge in [0.15, 0.2) is 5.76 Å². The molecule has 1 heterocycles. The first kappa shape index (κ1) is 15.8. The second-order valence-electron chi connectivity index (χ2n) is 4.90. The molecule has 0 aromatic heterocycles. The number of hydrogen-bond donors (Lipinski definition) is 2. The molecule has 1 aromatic carbocycles. The third-order valence-corrected chi connectivity index (χ3v) is 3.18. The van der Waals surface area contributed by atoms with Crippen molar-refractivity contribution in [3.8, 4) is 5.75 Å². The Morgan fingerprint density at radius 1 is 1.50 bits per heavy atom. The third kappa shape index (κ3) is 3.75. The van der Waals surface area contributed by atoms with Gasteiger partial charge in [-0.3, -0.25) is 9.59 Å². The van der Waals surface area contributed by atoms with Crippen molar-refractivity contribution < 1.29 is 23.8 Å². The van der Waals surface area contributed by atoms with Gasteiger partial charge in [0, 0.05) is 19.7 Å². The van der Waals surface area contributed by atoms with Crippen LogP contribution in [-0.2, 0) is 9.59 Å². The number of ether oxygens (including phenoxy) is 1. The Kier molecular flexibility index (Phi) is 4.98. The fourth-order valence-electron chi connectivity index (χ4n) is 2.00. The second-order valence-corrected chi connectivity index (χ2v) is 4.90. The van der Waals surface area contributed by atoms with Crippen LogP contribution in [0.4, 0.5) is 4.39 Å². The first-order valence-corrected chi connectivity index (χ1v) is 6.83. The Labute approximate surface area is 127 Å². The largest absolute Gasteiger partial charge is 0.503 e. The molecule has 118 valence electrons. The van der Waals surface area contributed by atoms with Crippen molar-refractivity contribution in [3.63, 3.8) is 0 Å². The monoisotopic (exact) mass is 308 g/mol. The highest BCUT2D eigenvalue weighted by Crippen LogP contribution is 2.15. The van der Waals surface area contributed by atoms with E-state index in [0.29, 0.717) is 25.3 Å². The quantitative estimate of drug-likeness (QED) is 0.768. The van der Waals surface area contributed by atoms with Gasteiger partial charge in [-0.15, -0.1) is 0 Å². The zero-order valence-corrected chi connectivity index (χ0v) is 12.1. The van der Waals surface area contributed by atoms with Crippen molar-refractivity contribution in [2.75, 3.05) is 26.7 Å². The lowest BCUT2D eigenvalue weighted by Crippen LogP contribution is -2.29. The highest BCUT2D eigenvalue weighted by molar-refractivity contribution is 6.06. The van der Waals surface area contributed by atoms with Gasteiger partial charge in [0.05, 0.1) is 18.7 Å². The van der Waals surface area contributed by atoms with E-state index in [1.807, 2.05) is 0 Å². The van der Waals surface area contributed by atoms with Gasteiger partial charge in [-0.05, 0) is 18.6 Å². The minimum absolute atomic E-state index is 0.0681. The van der Waals surface area contributed by atoms with Crippen LogP contribution in [0.15, 0.2) is 35.6 Å². The lowest BCUT2D eigenvalue weighted by Gasteiger charge is -2.09. The van der Waals surface area contributed by atoms with E-state index in [9.17, 15) is 19.1 Å². The lowest BCUT2D eigenvalue weighted by atomic mass is 10.2. The average Bonchev–Trinajstić information content (AvgIpc) is 2.74. The molecule has 0 saturated carbocycles. The maximum atomic E-state index is 12.9. The van der Waals surface area contributed by atoms with Gasteiger partial charge in [-0.25, -0.2) is 4.39 Å². The summed E-state index contributed by atoms with van der Waals surface area (Å²) >= 11 is 0. The van der Waals surface area contributed by atoms with Crippen molar-refractivity contribution >= 4 is 11.8 Å². The summed E-state index contributed by atoms with van der Waals surface area (Å²) in [6.45, 7) is 0.729. The number of aliphatic hydroxyl groups excluding tert-OH is 1. The molecule has 1 aliphatic heterocycles. The van der Waals surface area contributed by atoms with Gasteiger partial charge in [0.2, 0.25) is 0 Å². The Morgan fingerprint density at radius 3 is 2.91 bits per heavy atom. The van der Waals surface area contributed by atoms with Crippen LogP contribution in [0.3, 0.4) is 0 Å². The van der Waals surface area contributed by atoms with E-state index >= 15 is 0 Å². The molecule has 1 aliphatic rings. The first-order valence-electron chi connectivity index (χ1n) is 6.83. The summed E-state index contributed by atoms with van der Waals surface area (Å²) in [6, 6.07) is 5.80. The van der Waals surface area contributed by atoms with E-state index in [4.69, 9.17) is 4.74 Å². The summed E-state index contributed by atoms with van der Waals surface area (Å²) in [5.74, 6) is -1.48. The minimum Gasteiger partial charge on any atom is -0.503 e. The molecule has 1 aromatic rings. The summed E-state index contributed by atoms with van der Waals surface area (Å²) in [5, 5.41) is 12.1. The number of nitrogens with zero attached hydrogens (tertiary/aromatic N) is 1. The molecule has 0 saturated heterocycles. The van der Waals surface area contributed by atoms with Gasteiger partial charge >= 0.3 is 0 Å². The molecule has 22 heavy (non-hydrogen) atoms. The molecule has 2 N–H and O–H groups in total. The summed E-state index contributed by atoms with van der Waals surface area (Å²) < 4.78 is 18.3. The molecule has 0 spiro atoms. The fraction of sp³-hybridized carbons (Fsp3) is 0.333. The van der Waals surface area contributed by atoms with Crippen LogP contribution in [0.1, 0.15) is 6.42 Å². The van der Waals surface area contributed by atoms with Crippen molar-refractivity contribution in [2.45, 2.75) is 6.42 Å². The van der Waals surface area contributed by atoms with Crippen LogP contribution in [0.25, 0.3) is 0 Å². The topological polar surface area (TPSA) is 78.9 Å². The molecule has 6 nitrogen and oxygen atoms in total. The van der Waals surface area contributed by atoms with Crippen LogP contribution < -0.4 is 10.1 Å². The molecule has 0 radical (unpaired) electrons. The molecule has 2 amide bonds. The standard InChI is InChI=1S/C15H17FN2O4/c1-18-9-12(13(19)15(18)21)14(20)17-6-3-7-22-11-5-2-4-10(16)8-11/h2,4-5,8,19H,3,6-7,9H2,1H3,(H,17,20). The smallest absolute Gasteiger partial charge is 0.289 e. The van der Waals surface area contributed by atoms with Crippen molar-refractivity contribution in [3.05, 3.63) is 41.4 Å². The summed E-state index contributed by atoms with van der Waals surface area (Å²) in [7, 11) is 1.51. The predicted molar refractivity (Wildman–Crippen MR) is 76.8 cm³/mol. The lowest BCUT2D eigenvalue weighted by molar-refractivity contribution is -0.126. The van der Waals surface area contributed by atoms with Gasteiger partial charge < -0.3 is 20.1 Å². The molecular weight excluding hydrogens is 291 g/mol. The number of rotatable bonds is 6. The van der Waals surface area contributed by atoms with E-state index in [1.165, 1.54) is 24.1 Å². The molecule has 0 unspecified atom stereocenters. The van der Waals surface area contributed by atoms with Crippen LogP contribution in [-0.4, -0.2) is 48.6 Å². The number of likely N-dealkylation sites (N-methyl/N-ethyl adjacent to an activating group) is 1. The number of carbonyl (C=O) groups is 2. The maximum Gasteiger partial charge on any atom is 0.289 e. The molecule has 0 atom stereocenters. The van der Waals surface area contributed by atoms with E-state index in [0.717, 1.165) is 0 Å².